The second-order valence-corrected chi connectivity index (χ2v) is 8.52. The van der Waals surface area contributed by atoms with E-state index in [9.17, 15) is 9.59 Å². The Morgan fingerprint density at radius 1 is 1.22 bits per heavy atom. The molecule has 0 radical (unpaired) electrons. The number of thioether (sulfide) groups is 1. The number of methoxy groups -OCH3 is 1. The Balaban J connectivity index is 1.83. The van der Waals surface area contributed by atoms with Crippen molar-refractivity contribution in [2.24, 2.45) is 0 Å². The van der Waals surface area contributed by atoms with Crippen LogP contribution in [0.4, 0.5) is 10.5 Å². The zero-order chi connectivity index (χ0) is 19.6. The van der Waals surface area contributed by atoms with Crippen molar-refractivity contribution in [2.75, 3.05) is 18.6 Å². The molecular weight excluding hydrogens is 501 g/mol. The van der Waals surface area contributed by atoms with Gasteiger partial charge in [-0.15, -0.1) is 0 Å². The van der Waals surface area contributed by atoms with Crippen molar-refractivity contribution in [2.45, 2.75) is 18.6 Å². The maximum Gasteiger partial charge on any atom is 0.293 e. The standard InChI is InChI=1S/C19H17ClINO4S/c1-3-26-15-9-11(8-14(21)17(15)25-2)10-16-18(23)22(19(24)27-16)13-6-4-12(20)5-7-13/h4-9,16H,3,10H2,1-2H3/t16-/m1/s1. The molecule has 2 aromatic rings. The fraction of sp³-hybridized carbons (Fsp3) is 0.263. The van der Waals surface area contributed by atoms with Gasteiger partial charge in [-0.05, 0) is 77.9 Å². The summed E-state index contributed by atoms with van der Waals surface area (Å²) >= 11 is 9.11. The maximum absolute atomic E-state index is 12.8. The van der Waals surface area contributed by atoms with Crippen molar-refractivity contribution in [1.82, 2.24) is 0 Å². The van der Waals surface area contributed by atoms with E-state index in [-0.39, 0.29) is 11.1 Å². The topological polar surface area (TPSA) is 55.8 Å². The molecule has 0 aliphatic carbocycles. The molecule has 2 amide bonds. The summed E-state index contributed by atoms with van der Waals surface area (Å²) in [6.45, 7) is 2.41. The van der Waals surface area contributed by atoms with Crippen LogP contribution in [0.15, 0.2) is 36.4 Å². The third-order valence-corrected chi connectivity index (χ3v) is 6.09. The summed E-state index contributed by atoms with van der Waals surface area (Å²) in [5, 5.41) is -0.203. The average Bonchev–Trinajstić information content (AvgIpc) is 2.90. The van der Waals surface area contributed by atoms with E-state index in [0.29, 0.717) is 35.2 Å². The lowest BCUT2D eigenvalue weighted by Gasteiger charge is -2.15. The van der Waals surface area contributed by atoms with Gasteiger partial charge < -0.3 is 9.47 Å². The Kier molecular flexibility index (Phi) is 6.54. The molecule has 27 heavy (non-hydrogen) atoms. The van der Waals surface area contributed by atoms with Gasteiger partial charge in [0.25, 0.3) is 5.24 Å². The lowest BCUT2D eigenvalue weighted by molar-refractivity contribution is -0.117. The summed E-state index contributed by atoms with van der Waals surface area (Å²) in [6, 6.07) is 10.5. The van der Waals surface area contributed by atoms with Crippen LogP contribution < -0.4 is 14.4 Å². The van der Waals surface area contributed by atoms with Crippen molar-refractivity contribution in [3.8, 4) is 11.5 Å². The molecule has 1 atom stereocenters. The van der Waals surface area contributed by atoms with Gasteiger partial charge >= 0.3 is 0 Å². The SMILES string of the molecule is CCOc1cc(C[C@H]2SC(=O)N(c3ccc(Cl)cc3)C2=O)cc(I)c1OC. The molecular formula is C19H17ClINO4S. The minimum atomic E-state index is -0.480. The Bertz CT molecular complexity index is 875. The Morgan fingerprint density at radius 3 is 2.56 bits per heavy atom. The number of halogens is 2. The summed E-state index contributed by atoms with van der Waals surface area (Å²) in [4.78, 5) is 26.4. The number of anilines is 1. The highest BCUT2D eigenvalue weighted by Crippen LogP contribution is 2.37. The predicted octanol–water partition coefficient (Wildman–Crippen LogP) is 5.16. The van der Waals surface area contributed by atoms with Crippen LogP contribution in [0, 0.1) is 3.57 Å². The van der Waals surface area contributed by atoms with Gasteiger partial charge in [-0.2, -0.15) is 0 Å². The number of amides is 2. The van der Waals surface area contributed by atoms with Gasteiger partial charge in [-0.3, -0.25) is 9.59 Å². The second-order valence-electron chi connectivity index (χ2n) is 5.77. The third-order valence-electron chi connectivity index (χ3n) is 4.00. The van der Waals surface area contributed by atoms with Gasteiger partial charge in [0.05, 0.1) is 28.2 Å². The number of benzene rings is 2. The molecule has 0 aromatic heterocycles. The fourth-order valence-corrected chi connectivity index (χ4v) is 4.86. The van der Waals surface area contributed by atoms with Crippen LogP contribution in [-0.2, 0) is 11.2 Å². The van der Waals surface area contributed by atoms with Gasteiger partial charge in [0.2, 0.25) is 5.91 Å². The number of rotatable bonds is 6. The maximum atomic E-state index is 12.8. The summed E-state index contributed by atoms with van der Waals surface area (Å²) in [7, 11) is 1.60. The summed E-state index contributed by atoms with van der Waals surface area (Å²) in [5.41, 5.74) is 1.45. The first-order chi connectivity index (χ1) is 12.9. The van der Waals surface area contributed by atoms with E-state index >= 15 is 0 Å². The molecule has 2 aromatic carbocycles. The minimum absolute atomic E-state index is 0.226. The Hall–Kier alpha value is -1.45. The molecule has 3 rings (SSSR count). The molecule has 0 N–H and O–H groups in total. The number of imide groups is 1. The van der Waals surface area contributed by atoms with Crippen LogP contribution in [0.5, 0.6) is 11.5 Å². The first-order valence-corrected chi connectivity index (χ1v) is 10.6. The number of ether oxygens (including phenoxy) is 2. The molecule has 1 aliphatic rings. The molecule has 0 saturated carbocycles. The first-order valence-electron chi connectivity index (χ1n) is 8.24. The molecule has 142 valence electrons. The summed E-state index contributed by atoms with van der Waals surface area (Å²) in [5.74, 6) is 1.08. The molecule has 0 unspecified atom stereocenters. The monoisotopic (exact) mass is 517 g/mol. The number of nitrogens with zero attached hydrogens (tertiary/aromatic N) is 1. The number of hydrogen-bond acceptors (Lipinski definition) is 5. The Labute approximate surface area is 180 Å². The molecule has 8 heteroatoms. The molecule has 5 nitrogen and oxygen atoms in total. The number of hydrogen-bond donors (Lipinski definition) is 0. The molecule has 0 bridgehead atoms. The van der Waals surface area contributed by atoms with E-state index in [2.05, 4.69) is 22.6 Å². The molecule has 1 aliphatic heterocycles. The lowest BCUT2D eigenvalue weighted by atomic mass is 10.1. The van der Waals surface area contributed by atoms with Gasteiger partial charge in [-0.1, -0.05) is 23.4 Å². The Morgan fingerprint density at radius 2 is 1.93 bits per heavy atom. The normalized spacial score (nSPS) is 16.7. The van der Waals surface area contributed by atoms with E-state index in [4.69, 9.17) is 21.1 Å². The van der Waals surface area contributed by atoms with E-state index in [1.54, 1.807) is 31.4 Å². The fourth-order valence-electron chi connectivity index (χ4n) is 2.82. The molecule has 1 fully saturated rings. The van der Waals surface area contributed by atoms with E-state index in [1.165, 1.54) is 4.90 Å². The summed E-state index contributed by atoms with van der Waals surface area (Å²) in [6.07, 6.45) is 0.430. The zero-order valence-electron chi connectivity index (χ0n) is 14.7. The largest absolute Gasteiger partial charge is 0.492 e. The lowest BCUT2D eigenvalue weighted by Crippen LogP contribution is -2.32. The van der Waals surface area contributed by atoms with E-state index in [1.807, 2.05) is 19.1 Å². The average molecular weight is 518 g/mol. The van der Waals surface area contributed by atoms with Gasteiger partial charge in [0, 0.05) is 5.02 Å². The smallest absolute Gasteiger partial charge is 0.293 e. The number of carbonyl (C=O) groups is 2. The van der Waals surface area contributed by atoms with Crippen LogP contribution in [0.2, 0.25) is 5.02 Å². The van der Waals surface area contributed by atoms with E-state index in [0.717, 1.165) is 20.9 Å². The molecule has 1 saturated heterocycles. The minimum Gasteiger partial charge on any atom is -0.492 e. The quantitative estimate of drug-likeness (QED) is 0.495. The first kappa shape index (κ1) is 20.3. The zero-order valence-corrected chi connectivity index (χ0v) is 18.4. The van der Waals surface area contributed by atoms with Gasteiger partial charge in [-0.25, -0.2) is 4.90 Å². The van der Waals surface area contributed by atoms with Crippen LogP contribution in [0.1, 0.15) is 12.5 Å². The second kappa shape index (κ2) is 8.70. The number of carbonyl (C=O) groups excluding carboxylic acids is 2. The van der Waals surface area contributed by atoms with E-state index < -0.39 is 5.25 Å². The predicted molar refractivity (Wildman–Crippen MR) is 116 cm³/mol. The third kappa shape index (κ3) is 4.35. The van der Waals surface area contributed by atoms with Crippen molar-refractivity contribution in [1.29, 1.82) is 0 Å². The van der Waals surface area contributed by atoms with Crippen molar-refractivity contribution in [3.63, 3.8) is 0 Å². The van der Waals surface area contributed by atoms with Crippen LogP contribution in [0.25, 0.3) is 0 Å². The van der Waals surface area contributed by atoms with Crippen molar-refractivity contribution < 1.29 is 19.1 Å². The van der Waals surface area contributed by atoms with Crippen LogP contribution in [0.3, 0.4) is 0 Å². The van der Waals surface area contributed by atoms with Crippen LogP contribution in [-0.4, -0.2) is 30.1 Å². The summed E-state index contributed by atoms with van der Waals surface area (Å²) < 4.78 is 11.9. The molecule has 0 spiro atoms. The molecule has 1 heterocycles. The highest BCUT2D eigenvalue weighted by molar-refractivity contribution is 14.1. The van der Waals surface area contributed by atoms with Crippen LogP contribution >= 0.6 is 46.0 Å². The highest BCUT2D eigenvalue weighted by Gasteiger charge is 2.40. The van der Waals surface area contributed by atoms with Gasteiger partial charge in [0.15, 0.2) is 11.5 Å². The van der Waals surface area contributed by atoms with Crippen molar-refractivity contribution in [3.05, 3.63) is 50.6 Å². The van der Waals surface area contributed by atoms with Gasteiger partial charge in [0.1, 0.15) is 0 Å². The van der Waals surface area contributed by atoms with Crippen molar-refractivity contribution >= 4 is 62.8 Å². The highest BCUT2D eigenvalue weighted by atomic mass is 127.